The summed E-state index contributed by atoms with van der Waals surface area (Å²) in [7, 11) is 3.85. The van der Waals surface area contributed by atoms with Crippen LogP contribution in [-0.2, 0) is 11.2 Å². The Balaban J connectivity index is 1.87. The quantitative estimate of drug-likeness (QED) is 0.826. The molecule has 1 heterocycles. The van der Waals surface area contributed by atoms with Crippen molar-refractivity contribution in [2.75, 3.05) is 30.0 Å². The molecule has 0 spiro atoms. The molecule has 3 N–H and O–H groups in total. The van der Waals surface area contributed by atoms with Crippen LogP contribution in [0.15, 0.2) is 42.6 Å². The molecule has 0 aliphatic rings. The Hall–Kier alpha value is -2.56. The molecule has 21 heavy (non-hydrogen) atoms. The normalized spacial score (nSPS) is 10.2. The minimum absolute atomic E-state index is 0.0307. The van der Waals surface area contributed by atoms with Crippen LogP contribution in [0.4, 0.5) is 17.2 Å². The maximum absolute atomic E-state index is 11.9. The summed E-state index contributed by atoms with van der Waals surface area (Å²) in [6.07, 6.45) is 2.74. The number of pyridine rings is 1. The third kappa shape index (κ3) is 4.49. The van der Waals surface area contributed by atoms with Crippen molar-refractivity contribution in [2.45, 2.75) is 12.8 Å². The molecular weight excluding hydrogens is 264 g/mol. The first-order valence-electron chi connectivity index (χ1n) is 6.82. The molecule has 2 aromatic rings. The van der Waals surface area contributed by atoms with E-state index in [0.29, 0.717) is 18.5 Å². The number of amides is 1. The highest BCUT2D eigenvalue weighted by Gasteiger charge is 2.04. The molecule has 0 bridgehead atoms. The fourth-order valence-corrected chi connectivity index (χ4v) is 1.95. The minimum atomic E-state index is -0.0307. The summed E-state index contributed by atoms with van der Waals surface area (Å²) in [6, 6.07) is 11.3. The zero-order valence-electron chi connectivity index (χ0n) is 12.3. The zero-order valence-corrected chi connectivity index (χ0v) is 12.3. The van der Waals surface area contributed by atoms with Crippen LogP contribution >= 0.6 is 0 Å². The lowest BCUT2D eigenvalue weighted by atomic mass is 10.1. The second kappa shape index (κ2) is 6.74. The Morgan fingerprint density at radius 3 is 2.71 bits per heavy atom. The number of aryl methyl sites for hydroxylation is 1. The maximum Gasteiger partial charge on any atom is 0.224 e. The van der Waals surface area contributed by atoms with Crippen LogP contribution in [0.5, 0.6) is 0 Å². The molecule has 0 unspecified atom stereocenters. The van der Waals surface area contributed by atoms with Crippen molar-refractivity contribution in [3.8, 4) is 0 Å². The van der Waals surface area contributed by atoms with Gasteiger partial charge in [-0.25, -0.2) is 4.98 Å². The number of benzene rings is 1. The number of hydrogen-bond acceptors (Lipinski definition) is 4. The smallest absolute Gasteiger partial charge is 0.224 e. The second-order valence-electron chi connectivity index (χ2n) is 5.09. The number of aromatic nitrogens is 1. The van der Waals surface area contributed by atoms with Crippen LogP contribution in [0.2, 0.25) is 0 Å². The zero-order chi connectivity index (χ0) is 15.2. The highest BCUT2D eigenvalue weighted by Crippen LogP contribution is 2.13. The number of carbonyl (C=O) groups excluding carboxylic acids is 1. The predicted octanol–water partition coefficient (Wildman–Crippen LogP) is 2.30. The molecule has 0 atom stereocenters. The summed E-state index contributed by atoms with van der Waals surface area (Å²) < 4.78 is 0. The van der Waals surface area contributed by atoms with E-state index < -0.39 is 0 Å². The summed E-state index contributed by atoms with van der Waals surface area (Å²) in [6.45, 7) is 0. The molecule has 110 valence electrons. The van der Waals surface area contributed by atoms with Gasteiger partial charge in [0, 0.05) is 26.2 Å². The minimum Gasteiger partial charge on any atom is -0.399 e. The number of hydrogen-bond donors (Lipinski definition) is 2. The predicted molar refractivity (Wildman–Crippen MR) is 86.4 cm³/mol. The van der Waals surface area contributed by atoms with Crippen LogP contribution in [0.1, 0.15) is 12.0 Å². The average molecular weight is 284 g/mol. The van der Waals surface area contributed by atoms with Crippen molar-refractivity contribution in [3.63, 3.8) is 0 Å². The van der Waals surface area contributed by atoms with Crippen molar-refractivity contribution < 1.29 is 4.79 Å². The second-order valence-corrected chi connectivity index (χ2v) is 5.09. The first kappa shape index (κ1) is 14.8. The molecule has 0 aliphatic heterocycles. The molecule has 2 rings (SSSR count). The lowest BCUT2D eigenvalue weighted by Gasteiger charge is -2.11. The number of nitrogen functional groups attached to an aromatic ring is 1. The van der Waals surface area contributed by atoms with Gasteiger partial charge in [0.2, 0.25) is 5.91 Å². The Morgan fingerprint density at radius 2 is 2.10 bits per heavy atom. The first-order chi connectivity index (χ1) is 10.0. The van der Waals surface area contributed by atoms with E-state index in [1.54, 1.807) is 6.20 Å². The lowest BCUT2D eigenvalue weighted by molar-refractivity contribution is -0.116. The average Bonchev–Trinajstić information content (AvgIpc) is 2.46. The van der Waals surface area contributed by atoms with Crippen molar-refractivity contribution in [2.24, 2.45) is 0 Å². The van der Waals surface area contributed by atoms with Crippen molar-refractivity contribution in [1.29, 1.82) is 0 Å². The summed E-state index contributed by atoms with van der Waals surface area (Å²) in [5, 5.41) is 2.84. The van der Waals surface area contributed by atoms with E-state index in [1.165, 1.54) is 0 Å². The Kier molecular flexibility index (Phi) is 4.77. The number of nitrogens with one attached hydrogen (secondary N) is 1. The van der Waals surface area contributed by atoms with Gasteiger partial charge < -0.3 is 16.0 Å². The third-order valence-electron chi connectivity index (χ3n) is 3.08. The van der Waals surface area contributed by atoms with Crippen molar-refractivity contribution >= 4 is 23.1 Å². The van der Waals surface area contributed by atoms with E-state index in [4.69, 9.17) is 5.73 Å². The molecule has 1 aromatic heterocycles. The van der Waals surface area contributed by atoms with Gasteiger partial charge in [0.05, 0.1) is 11.9 Å². The molecule has 5 nitrogen and oxygen atoms in total. The molecule has 5 heteroatoms. The van der Waals surface area contributed by atoms with Crippen molar-refractivity contribution in [1.82, 2.24) is 4.98 Å². The molecule has 0 saturated heterocycles. The van der Waals surface area contributed by atoms with Crippen LogP contribution in [0.25, 0.3) is 0 Å². The van der Waals surface area contributed by atoms with Crippen LogP contribution in [0, 0.1) is 0 Å². The summed E-state index contributed by atoms with van der Waals surface area (Å²) in [5.74, 6) is 0.824. The highest BCUT2D eigenvalue weighted by atomic mass is 16.1. The number of anilines is 3. The molecule has 0 aliphatic carbocycles. The number of nitrogens with zero attached hydrogens (tertiary/aromatic N) is 2. The van der Waals surface area contributed by atoms with E-state index in [0.717, 1.165) is 17.1 Å². The molecule has 0 fully saturated rings. The third-order valence-corrected chi connectivity index (χ3v) is 3.08. The summed E-state index contributed by atoms with van der Waals surface area (Å²) in [5.41, 5.74) is 8.20. The van der Waals surface area contributed by atoms with Gasteiger partial charge in [-0.3, -0.25) is 4.79 Å². The number of rotatable bonds is 5. The summed E-state index contributed by atoms with van der Waals surface area (Å²) >= 11 is 0. The summed E-state index contributed by atoms with van der Waals surface area (Å²) in [4.78, 5) is 18.1. The van der Waals surface area contributed by atoms with E-state index in [-0.39, 0.29) is 5.91 Å². The maximum atomic E-state index is 11.9. The number of nitrogens with two attached hydrogens (primary N) is 1. The van der Waals surface area contributed by atoms with Gasteiger partial charge in [0.25, 0.3) is 0 Å². The van der Waals surface area contributed by atoms with E-state index >= 15 is 0 Å². The lowest BCUT2D eigenvalue weighted by Crippen LogP contribution is -2.14. The van der Waals surface area contributed by atoms with Gasteiger partial charge >= 0.3 is 0 Å². The van der Waals surface area contributed by atoms with Gasteiger partial charge in [-0.05, 0) is 36.2 Å². The van der Waals surface area contributed by atoms with Crippen LogP contribution < -0.4 is 16.0 Å². The van der Waals surface area contributed by atoms with Crippen LogP contribution in [-0.4, -0.2) is 25.0 Å². The van der Waals surface area contributed by atoms with Gasteiger partial charge in [0.1, 0.15) is 5.82 Å². The molecular formula is C16H20N4O. The number of carbonyl (C=O) groups is 1. The first-order valence-corrected chi connectivity index (χ1v) is 6.82. The van der Waals surface area contributed by atoms with Crippen LogP contribution in [0.3, 0.4) is 0 Å². The molecule has 1 aromatic carbocycles. The van der Waals surface area contributed by atoms with Gasteiger partial charge in [0.15, 0.2) is 0 Å². The Labute approximate surface area is 124 Å². The molecule has 0 radical (unpaired) electrons. The fraction of sp³-hybridized carbons (Fsp3) is 0.250. The van der Waals surface area contributed by atoms with E-state index in [9.17, 15) is 4.79 Å². The van der Waals surface area contributed by atoms with Gasteiger partial charge in [-0.2, -0.15) is 0 Å². The van der Waals surface area contributed by atoms with Crippen molar-refractivity contribution in [3.05, 3.63) is 48.2 Å². The monoisotopic (exact) mass is 284 g/mol. The largest absolute Gasteiger partial charge is 0.399 e. The Morgan fingerprint density at radius 1 is 1.29 bits per heavy atom. The molecule has 1 amide bonds. The Bertz CT molecular complexity index is 608. The molecule has 0 saturated carbocycles. The highest BCUT2D eigenvalue weighted by molar-refractivity contribution is 5.90. The van der Waals surface area contributed by atoms with E-state index in [1.807, 2.05) is 55.4 Å². The fourth-order valence-electron chi connectivity index (χ4n) is 1.95. The van der Waals surface area contributed by atoms with Gasteiger partial charge in [-0.1, -0.05) is 12.1 Å². The van der Waals surface area contributed by atoms with Gasteiger partial charge in [-0.15, -0.1) is 0 Å². The standard InChI is InChI=1S/C16H20N4O/c1-20(2)15-8-7-14(11-18-15)19-16(21)9-6-12-4-3-5-13(17)10-12/h3-5,7-8,10-11H,6,9,17H2,1-2H3,(H,19,21). The van der Waals surface area contributed by atoms with E-state index in [2.05, 4.69) is 10.3 Å². The topological polar surface area (TPSA) is 71.2 Å². The SMILES string of the molecule is CN(C)c1ccc(NC(=O)CCc2cccc(N)c2)cn1.